The van der Waals surface area contributed by atoms with Crippen molar-refractivity contribution >= 4 is 17.4 Å². The van der Waals surface area contributed by atoms with Crippen LogP contribution < -0.4 is 20.1 Å². The molecule has 1 amide bonds. The molecule has 3 aromatic rings. The lowest BCUT2D eigenvalue weighted by molar-refractivity contribution is 0.0746. The Bertz CT molecular complexity index is 1390. The molecule has 5 rings (SSSR count). The van der Waals surface area contributed by atoms with Crippen LogP contribution >= 0.6 is 0 Å². The van der Waals surface area contributed by atoms with Crippen LogP contribution in [0.3, 0.4) is 0 Å². The Morgan fingerprint density at radius 2 is 2.00 bits per heavy atom. The summed E-state index contributed by atoms with van der Waals surface area (Å²) in [4.78, 5) is 35.9. The van der Waals surface area contributed by atoms with Crippen molar-refractivity contribution < 1.29 is 9.53 Å². The fraction of sp³-hybridized carbons (Fsp3) is 0.393. The second-order valence-corrected chi connectivity index (χ2v) is 9.99. The molecule has 1 aromatic carbocycles. The number of anilines is 2. The number of pyridine rings is 1. The molecular formula is C28H31N7O3. The monoisotopic (exact) mass is 513 g/mol. The molecule has 1 N–H and O–H groups in total. The number of piperazine rings is 1. The molecule has 2 saturated heterocycles. The number of nitrogens with zero attached hydrogens (tertiary/aromatic N) is 6. The van der Waals surface area contributed by atoms with Crippen LogP contribution in [0, 0.1) is 24.2 Å². The van der Waals surface area contributed by atoms with E-state index in [1.54, 1.807) is 24.5 Å². The Morgan fingerprint density at radius 1 is 1.18 bits per heavy atom. The zero-order valence-corrected chi connectivity index (χ0v) is 21.6. The number of ether oxygens (including phenoxy) is 1. The third-order valence-corrected chi connectivity index (χ3v) is 7.30. The minimum Gasteiger partial charge on any atom is -0.491 e. The molecule has 0 bridgehead atoms. The molecule has 4 heterocycles. The predicted octanol–water partition coefficient (Wildman–Crippen LogP) is 2.60. The van der Waals surface area contributed by atoms with E-state index < -0.39 is 0 Å². The number of rotatable bonds is 6. The summed E-state index contributed by atoms with van der Waals surface area (Å²) in [7, 11) is 0. The molecule has 10 nitrogen and oxygen atoms in total. The summed E-state index contributed by atoms with van der Waals surface area (Å²) in [5.74, 6) is 1.90. The van der Waals surface area contributed by atoms with Crippen LogP contribution in [0.15, 0.2) is 53.6 Å². The number of nitrogens with one attached hydrogen (secondary N) is 1. The van der Waals surface area contributed by atoms with Crippen molar-refractivity contribution in [1.29, 1.82) is 5.26 Å². The van der Waals surface area contributed by atoms with Crippen molar-refractivity contribution in [2.75, 3.05) is 49.1 Å². The number of hydrogen-bond donors (Lipinski definition) is 1. The van der Waals surface area contributed by atoms with Gasteiger partial charge in [0.05, 0.1) is 23.5 Å². The molecule has 2 atom stereocenters. The highest BCUT2D eigenvalue weighted by Crippen LogP contribution is 2.30. The van der Waals surface area contributed by atoms with Gasteiger partial charge in [-0.2, -0.15) is 10.4 Å². The van der Waals surface area contributed by atoms with Gasteiger partial charge in [0.1, 0.15) is 24.2 Å². The quantitative estimate of drug-likeness (QED) is 0.534. The second kappa shape index (κ2) is 10.9. The summed E-state index contributed by atoms with van der Waals surface area (Å²) in [6.45, 7) is 7.81. The lowest BCUT2D eigenvalue weighted by atomic mass is 10.1. The number of amides is 1. The largest absolute Gasteiger partial charge is 0.491 e. The molecule has 0 aliphatic carbocycles. The van der Waals surface area contributed by atoms with Crippen molar-refractivity contribution in [2.45, 2.75) is 26.3 Å². The van der Waals surface area contributed by atoms with Gasteiger partial charge in [0, 0.05) is 50.0 Å². The minimum atomic E-state index is -0.179. The Balaban J connectivity index is 1.20. The number of hydrogen-bond acceptors (Lipinski definition) is 8. The average Bonchev–Trinajstić information content (AvgIpc) is 3.33. The summed E-state index contributed by atoms with van der Waals surface area (Å²) in [6, 6.07) is 13.1. The molecule has 0 saturated carbocycles. The van der Waals surface area contributed by atoms with Gasteiger partial charge in [0.2, 0.25) is 0 Å². The van der Waals surface area contributed by atoms with Gasteiger partial charge in [-0.1, -0.05) is 13.0 Å². The van der Waals surface area contributed by atoms with Gasteiger partial charge in [-0.05, 0) is 49.6 Å². The molecule has 2 aromatic heterocycles. The van der Waals surface area contributed by atoms with E-state index in [9.17, 15) is 9.59 Å². The van der Waals surface area contributed by atoms with E-state index in [-0.39, 0.29) is 17.5 Å². The highest BCUT2D eigenvalue weighted by atomic mass is 16.5. The van der Waals surface area contributed by atoms with Crippen LogP contribution in [0.5, 0.6) is 5.75 Å². The zero-order chi connectivity index (χ0) is 26.6. The van der Waals surface area contributed by atoms with E-state index in [0.717, 1.165) is 24.5 Å². The Hall–Kier alpha value is -4.39. The van der Waals surface area contributed by atoms with Crippen LogP contribution in [0.25, 0.3) is 0 Å². The second-order valence-electron chi connectivity index (χ2n) is 9.99. The van der Waals surface area contributed by atoms with E-state index in [4.69, 9.17) is 10.00 Å². The Kier molecular flexibility index (Phi) is 7.26. The highest BCUT2D eigenvalue weighted by molar-refractivity contribution is 5.94. The topological polar surface area (TPSA) is 118 Å². The van der Waals surface area contributed by atoms with E-state index in [2.05, 4.69) is 38.0 Å². The molecule has 38 heavy (non-hydrogen) atoms. The maximum absolute atomic E-state index is 13.2. The molecule has 0 unspecified atom stereocenters. The molecule has 2 aliphatic heterocycles. The molecule has 2 fully saturated rings. The molecule has 0 radical (unpaired) electrons. The number of nitriles is 1. The normalized spacial score (nSPS) is 19.3. The molecule has 196 valence electrons. The first kappa shape index (κ1) is 25.3. The fourth-order valence-corrected chi connectivity index (χ4v) is 5.21. The number of benzene rings is 1. The molecular weight excluding hydrogens is 482 g/mol. The lowest BCUT2D eigenvalue weighted by Gasteiger charge is -2.35. The third-order valence-electron chi connectivity index (χ3n) is 7.30. The lowest BCUT2D eigenvalue weighted by Crippen LogP contribution is -2.49. The van der Waals surface area contributed by atoms with Gasteiger partial charge >= 0.3 is 0 Å². The fourth-order valence-electron chi connectivity index (χ4n) is 5.21. The van der Waals surface area contributed by atoms with Crippen LogP contribution in [0.1, 0.15) is 34.8 Å². The van der Waals surface area contributed by atoms with Crippen molar-refractivity contribution in [2.24, 2.45) is 5.92 Å². The SMILES string of the molecule is Cc1c(N2C[C@@H](C)C[C@H]2COc2cccc(C(=O)N3CCN(c4ccc(C#N)cn4)CC3)c2)cn[nH]c1=O. The maximum Gasteiger partial charge on any atom is 0.269 e. The summed E-state index contributed by atoms with van der Waals surface area (Å²) < 4.78 is 6.17. The van der Waals surface area contributed by atoms with Crippen LogP contribution in [0.2, 0.25) is 0 Å². The average molecular weight is 514 g/mol. The number of H-pyrrole nitrogens is 1. The number of aromatic amines is 1. The van der Waals surface area contributed by atoms with Crippen molar-refractivity contribution in [3.63, 3.8) is 0 Å². The minimum absolute atomic E-state index is 0.0239. The zero-order valence-electron chi connectivity index (χ0n) is 21.6. The first-order valence-electron chi connectivity index (χ1n) is 12.9. The van der Waals surface area contributed by atoms with Crippen molar-refractivity contribution in [3.05, 3.63) is 75.8 Å². The van der Waals surface area contributed by atoms with Gasteiger partial charge in [-0.15, -0.1) is 0 Å². The number of carbonyl (C=O) groups excluding carboxylic acids is 1. The third kappa shape index (κ3) is 5.32. The molecule has 10 heteroatoms. The summed E-state index contributed by atoms with van der Waals surface area (Å²) in [6.07, 6.45) is 4.23. The van der Waals surface area contributed by atoms with E-state index in [0.29, 0.717) is 61.1 Å². The van der Waals surface area contributed by atoms with Crippen molar-refractivity contribution in [1.82, 2.24) is 20.1 Å². The van der Waals surface area contributed by atoms with Gasteiger partial charge < -0.3 is 19.4 Å². The number of carbonyl (C=O) groups is 1. The van der Waals surface area contributed by atoms with Crippen LogP contribution in [0.4, 0.5) is 11.5 Å². The molecule has 2 aliphatic rings. The van der Waals surface area contributed by atoms with E-state index >= 15 is 0 Å². The van der Waals surface area contributed by atoms with Gasteiger partial charge in [-0.3, -0.25) is 9.59 Å². The smallest absolute Gasteiger partial charge is 0.269 e. The predicted molar refractivity (Wildman–Crippen MR) is 144 cm³/mol. The molecule has 0 spiro atoms. The van der Waals surface area contributed by atoms with Gasteiger partial charge in [0.25, 0.3) is 11.5 Å². The Morgan fingerprint density at radius 3 is 2.74 bits per heavy atom. The summed E-state index contributed by atoms with van der Waals surface area (Å²) >= 11 is 0. The first-order chi connectivity index (χ1) is 18.4. The highest BCUT2D eigenvalue weighted by Gasteiger charge is 2.32. The summed E-state index contributed by atoms with van der Waals surface area (Å²) in [5.41, 5.74) is 2.44. The van der Waals surface area contributed by atoms with Crippen LogP contribution in [-0.4, -0.2) is 71.4 Å². The van der Waals surface area contributed by atoms with Gasteiger partial charge in [0.15, 0.2) is 0 Å². The number of aromatic nitrogens is 3. The Labute approximate surface area is 221 Å². The standard InChI is InChI=1S/C28H31N7O3/c1-19-12-23(35(17-19)25-16-31-32-27(36)20(25)2)18-38-24-5-3-4-22(13-24)28(37)34-10-8-33(9-11-34)26-7-6-21(14-29)15-30-26/h3-7,13,15-16,19,23H,8-12,17-18H2,1-2H3,(H,32,36)/t19-,23-/m0/s1. The maximum atomic E-state index is 13.2. The summed E-state index contributed by atoms with van der Waals surface area (Å²) in [5, 5.41) is 15.4. The van der Waals surface area contributed by atoms with E-state index in [1.807, 2.05) is 36.1 Å². The first-order valence-corrected chi connectivity index (χ1v) is 12.9. The van der Waals surface area contributed by atoms with Crippen LogP contribution in [-0.2, 0) is 0 Å². The van der Waals surface area contributed by atoms with E-state index in [1.165, 1.54) is 0 Å². The van der Waals surface area contributed by atoms with Gasteiger partial charge in [-0.25, -0.2) is 10.1 Å². The van der Waals surface area contributed by atoms with Crippen molar-refractivity contribution in [3.8, 4) is 11.8 Å².